The number of benzene rings is 1. The number of piperazine rings is 1. The van der Waals surface area contributed by atoms with Crippen LogP contribution in [0.2, 0.25) is 0 Å². The first-order valence-electron chi connectivity index (χ1n) is 8.65. The van der Waals surface area contributed by atoms with Gasteiger partial charge >= 0.3 is 0 Å². The molecule has 0 bridgehead atoms. The normalized spacial score (nSPS) is 14.7. The number of hydrogen-bond donors (Lipinski definition) is 5. The fraction of sp³-hybridized carbons (Fsp3) is 0.211. The number of nitrogens with one attached hydrogen (secondary N) is 4. The molecule has 140 valence electrons. The number of anilines is 2. The van der Waals surface area contributed by atoms with Crippen LogP contribution in [-0.2, 0) is 0 Å². The molecule has 0 unspecified atom stereocenters. The third kappa shape index (κ3) is 4.42. The molecule has 1 aromatic heterocycles. The lowest BCUT2D eigenvalue weighted by molar-refractivity contribution is 0.102. The summed E-state index contributed by atoms with van der Waals surface area (Å²) in [4.78, 5) is 29.3. The van der Waals surface area contributed by atoms with Crippen molar-refractivity contribution in [2.24, 2.45) is 5.73 Å². The van der Waals surface area contributed by atoms with Gasteiger partial charge in [0.05, 0.1) is 0 Å². The van der Waals surface area contributed by atoms with Crippen LogP contribution < -0.4 is 26.8 Å². The van der Waals surface area contributed by atoms with E-state index in [0.717, 1.165) is 38.1 Å². The summed E-state index contributed by atoms with van der Waals surface area (Å²) >= 11 is 0. The predicted molar refractivity (Wildman–Crippen MR) is 107 cm³/mol. The van der Waals surface area contributed by atoms with E-state index in [9.17, 15) is 9.59 Å². The third-order valence-corrected chi connectivity index (χ3v) is 4.36. The van der Waals surface area contributed by atoms with E-state index in [1.54, 1.807) is 12.1 Å². The Labute approximate surface area is 156 Å². The molecule has 8 nitrogen and oxygen atoms in total. The number of aromatic nitrogens is 1. The van der Waals surface area contributed by atoms with Gasteiger partial charge in [0.2, 0.25) is 0 Å². The third-order valence-electron chi connectivity index (χ3n) is 4.36. The summed E-state index contributed by atoms with van der Waals surface area (Å²) in [6, 6.07) is 8.79. The van der Waals surface area contributed by atoms with Gasteiger partial charge in [-0.15, -0.1) is 0 Å². The van der Waals surface area contributed by atoms with Crippen LogP contribution in [0.25, 0.3) is 5.70 Å². The van der Waals surface area contributed by atoms with Gasteiger partial charge in [0.1, 0.15) is 5.69 Å². The molecule has 27 heavy (non-hydrogen) atoms. The lowest BCUT2D eigenvalue weighted by atomic mass is 10.1. The first-order valence-corrected chi connectivity index (χ1v) is 8.65. The Balaban J connectivity index is 1.75. The van der Waals surface area contributed by atoms with Gasteiger partial charge in [-0.3, -0.25) is 9.59 Å². The number of nitrogens with zero attached hydrogens (tertiary/aromatic N) is 1. The highest BCUT2D eigenvalue weighted by Crippen LogP contribution is 2.17. The van der Waals surface area contributed by atoms with E-state index in [0.29, 0.717) is 16.8 Å². The predicted octanol–water partition coefficient (Wildman–Crippen LogP) is 0.986. The fourth-order valence-electron chi connectivity index (χ4n) is 2.87. The van der Waals surface area contributed by atoms with Crippen LogP contribution in [0.1, 0.15) is 15.9 Å². The molecular formula is C19H22N6O2. The lowest BCUT2D eigenvalue weighted by Gasteiger charge is -2.29. The van der Waals surface area contributed by atoms with Gasteiger partial charge in [-0.1, -0.05) is 0 Å². The maximum absolute atomic E-state index is 12.5. The monoisotopic (exact) mass is 366 g/mol. The van der Waals surface area contributed by atoms with Gasteiger partial charge < -0.3 is 31.7 Å². The molecule has 1 amide bonds. The molecule has 1 aliphatic heterocycles. The van der Waals surface area contributed by atoms with Crippen molar-refractivity contribution in [2.45, 2.75) is 0 Å². The van der Waals surface area contributed by atoms with Gasteiger partial charge in [0.25, 0.3) is 11.5 Å². The quantitative estimate of drug-likeness (QED) is 0.504. The number of pyridine rings is 1. The van der Waals surface area contributed by atoms with Crippen molar-refractivity contribution in [2.75, 3.05) is 36.4 Å². The number of H-pyrrole nitrogens is 1. The van der Waals surface area contributed by atoms with Gasteiger partial charge in [-0.2, -0.15) is 0 Å². The minimum atomic E-state index is -0.424. The molecular weight excluding hydrogens is 344 g/mol. The van der Waals surface area contributed by atoms with Gasteiger partial charge in [-0.25, -0.2) is 0 Å². The molecule has 0 aliphatic carbocycles. The van der Waals surface area contributed by atoms with Crippen LogP contribution >= 0.6 is 0 Å². The molecule has 0 spiro atoms. The van der Waals surface area contributed by atoms with E-state index in [1.165, 1.54) is 18.3 Å². The fourth-order valence-corrected chi connectivity index (χ4v) is 2.87. The van der Waals surface area contributed by atoms with Crippen LogP contribution in [0, 0.1) is 5.41 Å². The molecule has 1 aliphatic rings. The molecule has 2 aromatic rings. The number of aromatic amines is 1. The highest BCUT2D eigenvalue weighted by Gasteiger charge is 2.13. The standard InChI is InChI=1S/C19H22N6O2/c20-6-5-16(21)14-11-17(19(27)23-12-14)24-18(26)13-1-3-15(4-2-13)25-9-7-22-8-10-25/h1-6,11-12,20,22H,7-10,21H2,(H,23,27)(H,24,26). The number of allylic oxidation sites excluding steroid dienone is 1. The first-order chi connectivity index (χ1) is 13.1. The van der Waals surface area contributed by atoms with Crippen molar-refractivity contribution in [3.8, 4) is 0 Å². The van der Waals surface area contributed by atoms with Crippen molar-refractivity contribution in [3.63, 3.8) is 0 Å². The van der Waals surface area contributed by atoms with Crippen molar-refractivity contribution >= 4 is 29.2 Å². The van der Waals surface area contributed by atoms with Crippen LogP contribution in [0.3, 0.4) is 0 Å². The second-order valence-corrected chi connectivity index (χ2v) is 6.16. The van der Waals surface area contributed by atoms with E-state index in [-0.39, 0.29) is 11.6 Å². The van der Waals surface area contributed by atoms with Crippen molar-refractivity contribution in [1.82, 2.24) is 10.3 Å². The van der Waals surface area contributed by atoms with Crippen LogP contribution in [-0.4, -0.2) is 43.3 Å². The number of hydrogen-bond acceptors (Lipinski definition) is 6. The molecule has 1 fully saturated rings. The van der Waals surface area contributed by atoms with E-state index < -0.39 is 5.56 Å². The smallest absolute Gasteiger partial charge is 0.271 e. The minimum Gasteiger partial charge on any atom is -0.398 e. The SMILES string of the molecule is N=CC=C(N)c1c[nH]c(=O)c(NC(=O)c2ccc(N3CCNCC3)cc2)c1. The van der Waals surface area contributed by atoms with E-state index in [2.05, 4.69) is 20.5 Å². The number of rotatable bonds is 5. The molecule has 0 radical (unpaired) electrons. The first kappa shape index (κ1) is 18.4. The van der Waals surface area contributed by atoms with Crippen molar-refractivity contribution < 1.29 is 4.79 Å². The zero-order valence-corrected chi connectivity index (χ0v) is 14.8. The van der Waals surface area contributed by atoms with Crippen LogP contribution in [0.5, 0.6) is 0 Å². The number of nitrogens with two attached hydrogens (primary N) is 1. The summed E-state index contributed by atoms with van der Waals surface area (Å²) < 4.78 is 0. The van der Waals surface area contributed by atoms with E-state index in [4.69, 9.17) is 11.1 Å². The molecule has 2 heterocycles. The summed E-state index contributed by atoms with van der Waals surface area (Å²) in [6.07, 6.45) is 3.89. The molecule has 0 atom stereocenters. The minimum absolute atomic E-state index is 0.102. The summed E-state index contributed by atoms with van der Waals surface area (Å²) in [5.41, 5.74) is 7.86. The molecule has 3 rings (SSSR count). The maximum atomic E-state index is 12.5. The molecule has 0 saturated carbocycles. The maximum Gasteiger partial charge on any atom is 0.271 e. The zero-order chi connectivity index (χ0) is 19.2. The number of carbonyl (C=O) groups is 1. The average Bonchev–Trinajstić information content (AvgIpc) is 2.70. The zero-order valence-electron chi connectivity index (χ0n) is 14.8. The Morgan fingerprint density at radius 2 is 1.89 bits per heavy atom. The number of amides is 1. The Bertz CT molecular complexity index is 911. The Morgan fingerprint density at radius 1 is 1.19 bits per heavy atom. The van der Waals surface area contributed by atoms with E-state index >= 15 is 0 Å². The van der Waals surface area contributed by atoms with Crippen LogP contribution in [0.4, 0.5) is 11.4 Å². The summed E-state index contributed by atoms with van der Waals surface area (Å²) in [7, 11) is 0. The van der Waals surface area contributed by atoms with Gasteiger partial charge in [-0.05, 0) is 36.4 Å². The largest absolute Gasteiger partial charge is 0.398 e. The summed E-state index contributed by atoms with van der Waals surface area (Å²) in [6.45, 7) is 3.74. The highest BCUT2D eigenvalue weighted by atomic mass is 16.2. The second-order valence-electron chi connectivity index (χ2n) is 6.16. The van der Waals surface area contributed by atoms with Crippen molar-refractivity contribution in [1.29, 1.82) is 5.41 Å². The number of carbonyl (C=O) groups excluding carboxylic acids is 1. The Morgan fingerprint density at radius 3 is 2.56 bits per heavy atom. The van der Waals surface area contributed by atoms with Gasteiger partial charge in [0.15, 0.2) is 0 Å². The van der Waals surface area contributed by atoms with Crippen molar-refractivity contribution in [3.05, 3.63) is 64.1 Å². The highest BCUT2D eigenvalue weighted by molar-refractivity contribution is 6.04. The Hall–Kier alpha value is -3.39. The summed E-state index contributed by atoms with van der Waals surface area (Å²) in [5, 5.41) is 13.0. The lowest BCUT2D eigenvalue weighted by Crippen LogP contribution is -2.43. The average molecular weight is 366 g/mol. The summed E-state index contributed by atoms with van der Waals surface area (Å²) in [5.74, 6) is -0.376. The second kappa shape index (κ2) is 8.33. The van der Waals surface area contributed by atoms with E-state index in [1.807, 2.05) is 12.1 Å². The Kier molecular flexibility index (Phi) is 5.68. The topological polar surface area (TPSA) is 127 Å². The van der Waals surface area contributed by atoms with Crippen LogP contribution in [0.15, 0.2) is 47.4 Å². The molecule has 8 heteroatoms. The molecule has 1 saturated heterocycles. The molecule has 1 aromatic carbocycles. The molecule has 6 N–H and O–H groups in total. The van der Waals surface area contributed by atoms with Gasteiger partial charge in [0, 0.05) is 61.1 Å².